The Bertz CT molecular complexity index is 1190. The summed E-state index contributed by atoms with van der Waals surface area (Å²) < 4.78 is 0. The van der Waals surface area contributed by atoms with Gasteiger partial charge in [-0.15, -0.1) is 5.73 Å². The molecule has 0 N–H and O–H groups in total. The van der Waals surface area contributed by atoms with E-state index in [0.29, 0.717) is 0 Å². The van der Waals surface area contributed by atoms with E-state index >= 15 is 0 Å². The highest BCUT2D eigenvalue weighted by molar-refractivity contribution is 8.37. The maximum atomic E-state index is 3.43. The molecule has 27 heavy (non-hydrogen) atoms. The highest BCUT2D eigenvalue weighted by Crippen LogP contribution is 2.74. The number of hydrogen-bond donors (Lipinski definition) is 0. The average molecular weight is 369 g/mol. The molecule has 0 radical (unpaired) electrons. The van der Waals surface area contributed by atoms with Gasteiger partial charge < -0.3 is 0 Å². The first kappa shape index (κ1) is 15.8. The van der Waals surface area contributed by atoms with Crippen LogP contribution < -0.4 is 0 Å². The molecule has 2 heterocycles. The number of rotatable bonds is 0. The maximum absolute atomic E-state index is 3.43. The van der Waals surface area contributed by atoms with Crippen LogP contribution in [0.2, 0.25) is 0 Å². The van der Waals surface area contributed by atoms with E-state index in [1.165, 1.54) is 68.5 Å². The smallest absolute Gasteiger partial charge is 0.0104 e. The molecule has 2 aliphatic carbocycles. The first-order valence-electron chi connectivity index (χ1n) is 10.1. The average Bonchev–Trinajstić information content (AvgIpc) is 3.35. The summed E-state index contributed by atoms with van der Waals surface area (Å²) in [6.07, 6.45) is 17.6. The van der Waals surface area contributed by atoms with Crippen LogP contribution in [0.25, 0.3) is 28.5 Å². The molecular weight excluding hydrogens is 344 g/mol. The fraction of sp³-hybridized carbons (Fsp3) is 0.269. The molecule has 0 nitrogen and oxygen atoms in total. The molecule has 0 bridgehead atoms. The monoisotopic (exact) mass is 368 g/mol. The summed E-state index contributed by atoms with van der Waals surface area (Å²) in [5.74, 6) is 2.75. The summed E-state index contributed by atoms with van der Waals surface area (Å²) in [5.41, 5.74) is 12.1. The summed E-state index contributed by atoms with van der Waals surface area (Å²) in [5, 5.41) is 2.91. The molecule has 1 spiro atoms. The van der Waals surface area contributed by atoms with E-state index in [9.17, 15) is 0 Å². The minimum absolute atomic E-state index is 0.814. The molecular formula is C26H24S. The number of fused-ring (bicyclic) bond motifs is 6. The van der Waals surface area contributed by atoms with Gasteiger partial charge in [0, 0.05) is 15.4 Å². The molecule has 0 aromatic heterocycles. The van der Waals surface area contributed by atoms with Crippen LogP contribution in [0.3, 0.4) is 0 Å². The van der Waals surface area contributed by atoms with Crippen LogP contribution in [-0.4, -0.2) is 11.5 Å². The first-order valence-corrected chi connectivity index (χ1v) is 12.1. The lowest BCUT2D eigenvalue weighted by atomic mass is 9.88. The fourth-order valence-corrected chi connectivity index (χ4v) is 10.1. The van der Waals surface area contributed by atoms with Crippen molar-refractivity contribution >= 4 is 38.5 Å². The highest BCUT2D eigenvalue weighted by Gasteiger charge is 2.42. The van der Waals surface area contributed by atoms with Gasteiger partial charge in [-0.05, 0) is 107 Å². The SMILES string of the molecule is Cc1c2c(c(C)c3cc4c(cc13)C1=C(C=C=C1)S41CCCC1)C=CCC=C2. The number of hydrogen-bond acceptors (Lipinski definition) is 0. The van der Waals surface area contributed by atoms with Crippen molar-refractivity contribution in [2.75, 3.05) is 11.5 Å². The topological polar surface area (TPSA) is 0 Å². The molecule has 1 saturated heterocycles. The lowest BCUT2D eigenvalue weighted by molar-refractivity contribution is 0.949. The largest absolute Gasteiger partial charge is 0.186 e. The van der Waals surface area contributed by atoms with Gasteiger partial charge in [0.05, 0.1) is 0 Å². The fourth-order valence-electron chi connectivity index (χ4n) is 5.55. The van der Waals surface area contributed by atoms with Crippen molar-refractivity contribution in [2.45, 2.75) is 38.0 Å². The molecule has 6 rings (SSSR count). The van der Waals surface area contributed by atoms with Crippen LogP contribution in [0.15, 0.2) is 52.0 Å². The van der Waals surface area contributed by atoms with Crippen LogP contribution in [-0.2, 0) is 0 Å². The molecule has 2 aromatic carbocycles. The van der Waals surface area contributed by atoms with Gasteiger partial charge in [0.1, 0.15) is 0 Å². The Morgan fingerprint density at radius 1 is 0.852 bits per heavy atom. The molecule has 2 aromatic rings. The van der Waals surface area contributed by atoms with Crippen molar-refractivity contribution in [2.24, 2.45) is 0 Å². The Labute approximate surface area is 163 Å². The van der Waals surface area contributed by atoms with Crippen LogP contribution in [0.1, 0.15) is 47.1 Å². The summed E-state index contributed by atoms with van der Waals surface area (Å²) in [6.45, 7) is 4.63. The second kappa shape index (κ2) is 5.41. The van der Waals surface area contributed by atoms with E-state index in [1.54, 1.807) is 9.80 Å². The summed E-state index contributed by atoms with van der Waals surface area (Å²) in [6, 6.07) is 5.11. The Morgan fingerprint density at radius 3 is 2.22 bits per heavy atom. The second-order valence-electron chi connectivity index (χ2n) is 8.24. The lowest BCUT2D eigenvalue weighted by Gasteiger charge is -2.34. The minimum Gasteiger partial charge on any atom is -0.186 e. The summed E-state index contributed by atoms with van der Waals surface area (Å²) in [7, 11) is -0.814. The van der Waals surface area contributed by atoms with Crippen LogP contribution in [0.4, 0.5) is 0 Å². The third kappa shape index (κ3) is 1.92. The first-order chi connectivity index (χ1) is 13.2. The van der Waals surface area contributed by atoms with Crippen molar-refractivity contribution in [3.05, 3.63) is 74.9 Å². The lowest BCUT2D eigenvalue weighted by Crippen LogP contribution is -2.03. The molecule has 1 fully saturated rings. The van der Waals surface area contributed by atoms with Gasteiger partial charge in [0.15, 0.2) is 0 Å². The van der Waals surface area contributed by atoms with Crippen molar-refractivity contribution in [3.8, 4) is 0 Å². The zero-order valence-electron chi connectivity index (χ0n) is 16.1. The zero-order chi connectivity index (χ0) is 18.2. The number of allylic oxidation sites excluding steroid dienone is 4. The Hall–Kier alpha value is -2.21. The predicted octanol–water partition coefficient (Wildman–Crippen LogP) is 7.29. The van der Waals surface area contributed by atoms with E-state index in [1.807, 2.05) is 0 Å². The van der Waals surface area contributed by atoms with Crippen LogP contribution in [0.5, 0.6) is 0 Å². The Kier molecular flexibility index (Phi) is 3.17. The van der Waals surface area contributed by atoms with Crippen LogP contribution >= 0.6 is 10.0 Å². The summed E-state index contributed by atoms with van der Waals surface area (Å²) in [4.78, 5) is 3.30. The van der Waals surface area contributed by atoms with Crippen molar-refractivity contribution in [3.63, 3.8) is 0 Å². The van der Waals surface area contributed by atoms with E-state index in [0.717, 1.165) is 6.42 Å². The molecule has 4 aliphatic rings. The maximum Gasteiger partial charge on any atom is 0.0104 e. The minimum atomic E-state index is -0.814. The molecule has 134 valence electrons. The quantitative estimate of drug-likeness (QED) is 0.428. The van der Waals surface area contributed by atoms with Gasteiger partial charge in [-0.3, -0.25) is 0 Å². The molecule has 2 aliphatic heterocycles. The molecule has 1 heteroatoms. The third-order valence-electron chi connectivity index (χ3n) is 6.94. The standard InChI is InChI=1S/C26H24S/c1-17-19-9-4-3-5-10-20(19)18(2)23-16-26-24(15-22(17)23)21-11-8-12-25(21)27(26)13-6-7-14-27/h4-5,9-12,15-16H,3,6-7,13-14H2,1-2H3. The Balaban J connectivity index is 1.72. The molecule has 0 saturated carbocycles. The third-order valence-corrected chi connectivity index (χ3v) is 11.3. The van der Waals surface area contributed by atoms with Gasteiger partial charge >= 0.3 is 0 Å². The number of benzene rings is 2. The Morgan fingerprint density at radius 2 is 1.52 bits per heavy atom. The second-order valence-corrected chi connectivity index (χ2v) is 11.7. The molecule has 0 atom stereocenters. The van der Waals surface area contributed by atoms with E-state index in [-0.39, 0.29) is 0 Å². The van der Waals surface area contributed by atoms with Gasteiger partial charge in [0.25, 0.3) is 0 Å². The van der Waals surface area contributed by atoms with Gasteiger partial charge in [-0.1, -0.05) is 24.3 Å². The van der Waals surface area contributed by atoms with E-state index < -0.39 is 10.0 Å². The van der Waals surface area contributed by atoms with Crippen molar-refractivity contribution < 1.29 is 0 Å². The predicted molar refractivity (Wildman–Crippen MR) is 121 cm³/mol. The highest BCUT2D eigenvalue weighted by atomic mass is 32.3. The van der Waals surface area contributed by atoms with Crippen LogP contribution in [0, 0.1) is 13.8 Å². The normalized spacial score (nSPS) is 21.9. The molecule has 0 amide bonds. The van der Waals surface area contributed by atoms with E-state index in [4.69, 9.17) is 0 Å². The van der Waals surface area contributed by atoms with E-state index in [2.05, 4.69) is 68.2 Å². The van der Waals surface area contributed by atoms with Gasteiger partial charge in [-0.25, -0.2) is 0 Å². The zero-order valence-corrected chi connectivity index (χ0v) is 16.9. The number of aryl methyl sites for hydroxylation is 2. The van der Waals surface area contributed by atoms with Gasteiger partial charge in [0.2, 0.25) is 0 Å². The van der Waals surface area contributed by atoms with Crippen molar-refractivity contribution in [1.82, 2.24) is 0 Å². The van der Waals surface area contributed by atoms with Gasteiger partial charge in [-0.2, -0.15) is 10.0 Å². The molecule has 0 unspecified atom stereocenters. The summed E-state index contributed by atoms with van der Waals surface area (Å²) >= 11 is 0. The van der Waals surface area contributed by atoms with Crippen molar-refractivity contribution in [1.29, 1.82) is 0 Å².